The quantitative estimate of drug-likeness (QED) is 0.601. The summed E-state index contributed by atoms with van der Waals surface area (Å²) >= 11 is 0. The van der Waals surface area contributed by atoms with Crippen molar-refractivity contribution in [1.82, 2.24) is 0 Å². The van der Waals surface area contributed by atoms with Gasteiger partial charge >= 0.3 is 5.97 Å². The maximum atomic E-state index is 12.4. The number of halogens is 1. The number of carbonyl (C=O) groups is 1. The van der Waals surface area contributed by atoms with E-state index in [9.17, 15) is 9.18 Å². The van der Waals surface area contributed by atoms with Gasteiger partial charge in [-0.2, -0.15) is 0 Å². The molecule has 12 heavy (non-hydrogen) atoms. The van der Waals surface area contributed by atoms with E-state index in [-0.39, 0.29) is 0 Å². The first kappa shape index (κ1) is 11.1. The van der Waals surface area contributed by atoms with Crippen LogP contribution in [0.15, 0.2) is 12.4 Å². The molecule has 0 N–H and O–H groups in total. The van der Waals surface area contributed by atoms with Crippen molar-refractivity contribution in [3.8, 4) is 0 Å². The van der Waals surface area contributed by atoms with Gasteiger partial charge < -0.3 is 4.74 Å². The fraction of sp³-hybridized carbons (Fsp3) is 0.667. The Hall–Kier alpha value is -0.860. The monoisotopic (exact) mass is 174 g/mol. The summed E-state index contributed by atoms with van der Waals surface area (Å²) in [6, 6.07) is 0. The molecular formula is C9H15FO2. The zero-order valence-corrected chi connectivity index (χ0v) is 7.98. The first-order valence-electron chi connectivity index (χ1n) is 3.81. The van der Waals surface area contributed by atoms with Crippen LogP contribution in [0.4, 0.5) is 4.39 Å². The zero-order valence-electron chi connectivity index (χ0n) is 7.98. The Morgan fingerprint density at radius 3 is 2.17 bits per heavy atom. The van der Waals surface area contributed by atoms with Gasteiger partial charge in [0.15, 0.2) is 0 Å². The highest BCUT2D eigenvalue weighted by Gasteiger charge is 2.23. The molecular weight excluding hydrogens is 159 g/mol. The Kier molecular flexibility index (Phi) is 3.43. The van der Waals surface area contributed by atoms with Crippen molar-refractivity contribution in [2.45, 2.75) is 33.3 Å². The summed E-state index contributed by atoms with van der Waals surface area (Å²) in [7, 11) is 0. The maximum Gasteiger partial charge on any atom is 0.316 e. The van der Waals surface area contributed by atoms with Crippen LogP contribution >= 0.6 is 0 Å². The van der Waals surface area contributed by atoms with Crippen molar-refractivity contribution in [3.05, 3.63) is 12.4 Å². The van der Waals surface area contributed by atoms with E-state index in [4.69, 9.17) is 4.74 Å². The molecule has 0 aliphatic carbocycles. The lowest BCUT2D eigenvalue weighted by Crippen LogP contribution is -2.27. The van der Waals surface area contributed by atoms with E-state index in [1.165, 1.54) is 6.92 Å². The maximum absolute atomic E-state index is 12.4. The first-order valence-corrected chi connectivity index (χ1v) is 3.81. The number of esters is 1. The van der Waals surface area contributed by atoms with Gasteiger partial charge in [0.25, 0.3) is 0 Å². The zero-order chi connectivity index (χ0) is 9.94. The molecule has 0 aromatic heterocycles. The number of carbonyl (C=O) groups excluding carboxylic acids is 1. The van der Waals surface area contributed by atoms with Crippen LogP contribution < -0.4 is 0 Å². The molecule has 0 bridgehead atoms. The third kappa shape index (κ3) is 4.11. The molecule has 0 amide bonds. The number of hydrogen-bond donors (Lipinski definition) is 0. The van der Waals surface area contributed by atoms with E-state index >= 15 is 0 Å². The fourth-order valence-electron chi connectivity index (χ4n) is 0.518. The summed E-state index contributed by atoms with van der Waals surface area (Å²) in [5.41, 5.74) is -0.569. The average Bonchev–Trinajstić information content (AvgIpc) is 1.82. The van der Waals surface area contributed by atoms with Gasteiger partial charge in [0.2, 0.25) is 0 Å². The van der Waals surface area contributed by atoms with Gasteiger partial charge in [-0.1, -0.05) is 6.58 Å². The van der Waals surface area contributed by atoms with Crippen molar-refractivity contribution in [3.63, 3.8) is 0 Å². The molecule has 3 heteroatoms. The largest absolute Gasteiger partial charge is 0.459 e. The smallest absolute Gasteiger partial charge is 0.316 e. The molecule has 0 unspecified atom stereocenters. The van der Waals surface area contributed by atoms with Crippen LogP contribution in [0, 0.1) is 5.92 Å². The summed E-state index contributed by atoms with van der Waals surface area (Å²) in [6.07, 6.45) is 0. The topological polar surface area (TPSA) is 26.3 Å². The van der Waals surface area contributed by atoms with Crippen molar-refractivity contribution in [1.29, 1.82) is 0 Å². The molecule has 0 aromatic rings. The number of ether oxygens (including phenoxy) is 1. The van der Waals surface area contributed by atoms with E-state index in [1.54, 1.807) is 20.8 Å². The minimum absolute atomic E-state index is 0.569. The molecule has 0 rings (SSSR count). The number of rotatable bonds is 2. The molecule has 0 heterocycles. The molecule has 0 aliphatic rings. The van der Waals surface area contributed by atoms with Crippen LogP contribution in [0.25, 0.3) is 0 Å². The van der Waals surface area contributed by atoms with Crippen molar-refractivity contribution in [2.75, 3.05) is 0 Å². The lowest BCUT2D eigenvalue weighted by atomic mass is 10.1. The minimum atomic E-state index is -0.871. The predicted octanol–water partition coefficient (Wildman–Crippen LogP) is 2.45. The second-order valence-electron chi connectivity index (χ2n) is 3.70. The van der Waals surface area contributed by atoms with E-state index in [0.29, 0.717) is 0 Å². The highest BCUT2D eigenvalue weighted by atomic mass is 19.1. The standard InChI is InChI=1S/C9H15FO2/c1-6(7(2)10)8(11)12-9(3,4)5/h6H,2H2,1,3-5H3/t6-/m0/s1. The van der Waals surface area contributed by atoms with Crippen LogP contribution in [-0.2, 0) is 9.53 Å². The van der Waals surface area contributed by atoms with Gasteiger partial charge in [-0.25, -0.2) is 4.39 Å². The molecule has 1 atom stereocenters. The summed E-state index contributed by atoms with van der Waals surface area (Å²) in [4.78, 5) is 11.1. The lowest BCUT2D eigenvalue weighted by Gasteiger charge is -2.21. The van der Waals surface area contributed by atoms with Crippen LogP contribution in [-0.4, -0.2) is 11.6 Å². The van der Waals surface area contributed by atoms with Crippen molar-refractivity contribution >= 4 is 5.97 Å². The number of hydrogen-bond acceptors (Lipinski definition) is 2. The average molecular weight is 174 g/mol. The van der Waals surface area contributed by atoms with Crippen LogP contribution in [0.1, 0.15) is 27.7 Å². The molecule has 0 spiro atoms. The molecule has 0 saturated carbocycles. The van der Waals surface area contributed by atoms with Crippen LogP contribution in [0.3, 0.4) is 0 Å². The van der Waals surface area contributed by atoms with Crippen molar-refractivity contribution in [2.24, 2.45) is 5.92 Å². The van der Waals surface area contributed by atoms with Crippen LogP contribution in [0.5, 0.6) is 0 Å². The van der Waals surface area contributed by atoms with E-state index < -0.39 is 23.3 Å². The summed E-state index contributed by atoms with van der Waals surface area (Å²) in [5.74, 6) is -2.11. The molecule has 0 radical (unpaired) electrons. The molecule has 0 aromatic carbocycles. The van der Waals surface area contributed by atoms with Gasteiger partial charge in [-0.3, -0.25) is 4.79 Å². The molecule has 0 fully saturated rings. The Balaban J connectivity index is 4.15. The highest BCUT2D eigenvalue weighted by molar-refractivity contribution is 5.74. The third-order valence-electron chi connectivity index (χ3n) is 1.23. The Morgan fingerprint density at radius 2 is 1.92 bits per heavy atom. The van der Waals surface area contributed by atoms with Crippen LogP contribution in [0.2, 0.25) is 0 Å². The van der Waals surface area contributed by atoms with Gasteiger partial charge in [0, 0.05) is 0 Å². The van der Waals surface area contributed by atoms with Gasteiger partial charge in [0.1, 0.15) is 17.3 Å². The summed E-state index contributed by atoms with van der Waals surface area (Å²) < 4.78 is 17.3. The summed E-state index contributed by atoms with van der Waals surface area (Å²) in [5, 5.41) is 0. The molecule has 0 aliphatic heterocycles. The molecule has 2 nitrogen and oxygen atoms in total. The Labute approximate surface area is 72.4 Å². The Bertz CT molecular complexity index is 191. The normalized spacial score (nSPS) is 13.8. The van der Waals surface area contributed by atoms with E-state index in [1.807, 2.05) is 0 Å². The Morgan fingerprint density at radius 1 is 1.50 bits per heavy atom. The molecule has 70 valence electrons. The summed E-state index contributed by atoms with van der Waals surface area (Å²) in [6.45, 7) is 9.67. The second-order valence-corrected chi connectivity index (χ2v) is 3.70. The van der Waals surface area contributed by atoms with E-state index in [2.05, 4.69) is 6.58 Å². The highest BCUT2D eigenvalue weighted by Crippen LogP contribution is 2.16. The third-order valence-corrected chi connectivity index (χ3v) is 1.23. The van der Waals surface area contributed by atoms with Gasteiger partial charge in [0.05, 0.1) is 0 Å². The lowest BCUT2D eigenvalue weighted by molar-refractivity contribution is -0.158. The van der Waals surface area contributed by atoms with Gasteiger partial charge in [-0.15, -0.1) is 0 Å². The second kappa shape index (κ2) is 3.70. The predicted molar refractivity (Wildman–Crippen MR) is 45.3 cm³/mol. The minimum Gasteiger partial charge on any atom is -0.459 e. The van der Waals surface area contributed by atoms with Gasteiger partial charge in [-0.05, 0) is 27.7 Å². The first-order chi connectivity index (χ1) is 5.24. The van der Waals surface area contributed by atoms with Crippen molar-refractivity contribution < 1.29 is 13.9 Å². The molecule has 0 saturated heterocycles. The SMILES string of the molecule is C=C(F)[C@H](C)C(=O)OC(C)(C)C. The fourth-order valence-corrected chi connectivity index (χ4v) is 0.518. The van der Waals surface area contributed by atoms with E-state index in [0.717, 1.165) is 0 Å².